The van der Waals surface area contributed by atoms with E-state index in [1.165, 1.54) is 23.1 Å². The fraction of sp³-hybridized carbons (Fsp3) is 0.310. The second-order valence-corrected chi connectivity index (χ2v) is 12.1. The van der Waals surface area contributed by atoms with Gasteiger partial charge >= 0.3 is 0 Å². The molecule has 0 spiro atoms. The lowest BCUT2D eigenvalue weighted by Gasteiger charge is -2.32. The Bertz CT molecular complexity index is 1410. The normalized spacial score (nSPS) is 12.9. The van der Waals surface area contributed by atoms with Gasteiger partial charge in [0.15, 0.2) is 0 Å². The van der Waals surface area contributed by atoms with Gasteiger partial charge in [-0.25, -0.2) is 8.42 Å². The number of hydrogen-bond donors (Lipinski definition) is 1. The predicted molar refractivity (Wildman–Crippen MR) is 157 cm³/mol. The van der Waals surface area contributed by atoms with Crippen molar-refractivity contribution in [3.63, 3.8) is 0 Å². The van der Waals surface area contributed by atoms with Crippen molar-refractivity contribution in [1.29, 1.82) is 0 Å². The Morgan fingerprint density at radius 3 is 2.23 bits per heavy atom. The molecule has 0 fully saturated rings. The summed E-state index contributed by atoms with van der Waals surface area (Å²) in [6.45, 7) is 6.75. The molecule has 0 aliphatic rings. The second-order valence-electron chi connectivity index (χ2n) is 9.41. The van der Waals surface area contributed by atoms with Crippen LogP contribution in [0.15, 0.2) is 77.7 Å². The van der Waals surface area contributed by atoms with Gasteiger partial charge in [0.05, 0.1) is 10.6 Å². The Balaban J connectivity index is 2.04. The van der Waals surface area contributed by atoms with Crippen LogP contribution >= 0.6 is 23.2 Å². The fourth-order valence-corrected chi connectivity index (χ4v) is 5.64. The van der Waals surface area contributed by atoms with Gasteiger partial charge in [-0.3, -0.25) is 13.9 Å². The lowest BCUT2D eigenvalue weighted by molar-refractivity contribution is -0.139. The highest BCUT2D eigenvalue weighted by atomic mass is 35.5. The summed E-state index contributed by atoms with van der Waals surface area (Å²) in [5, 5.41) is 3.66. The monoisotopic (exact) mass is 589 g/mol. The largest absolute Gasteiger partial charge is 0.352 e. The van der Waals surface area contributed by atoms with E-state index in [1.807, 2.05) is 20.8 Å². The maximum atomic E-state index is 13.9. The lowest BCUT2D eigenvalue weighted by Crippen LogP contribution is -2.52. The first kappa shape index (κ1) is 30.5. The number of amides is 2. The summed E-state index contributed by atoms with van der Waals surface area (Å²) in [7, 11) is -4.17. The molecule has 0 saturated carbocycles. The van der Waals surface area contributed by atoms with E-state index in [1.54, 1.807) is 61.5 Å². The van der Waals surface area contributed by atoms with Gasteiger partial charge in [0.25, 0.3) is 10.0 Å². The molecule has 0 aromatic heterocycles. The summed E-state index contributed by atoms with van der Waals surface area (Å²) in [6.07, 6.45) is 0.717. The summed E-state index contributed by atoms with van der Waals surface area (Å²) in [5.74, 6) is -0.919. The molecule has 0 aliphatic heterocycles. The molecule has 0 heterocycles. The first-order chi connectivity index (χ1) is 18.4. The molecule has 0 aliphatic carbocycles. The van der Waals surface area contributed by atoms with E-state index in [4.69, 9.17) is 23.2 Å². The number of aryl methyl sites for hydroxylation is 1. The topological polar surface area (TPSA) is 86.8 Å². The van der Waals surface area contributed by atoms with Crippen LogP contribution < -0.4 is 9.62 Å². The van der Waals surface area contributed by atoms with Crippen LogP contribution in [0.5, 0.6) is 0 Å². The third-order valence-corrected chi connectivity index (χ3v) is 8.84. The van der Waals surface area contributed by atoms with E-state index in [-0.39, 0.29) is 29.1 Å². The van der Waals surface area contributed by atoms with Crippen molar-refractivity contribution in [3.8, 4) is 0 Å². The molecule has 39 heavy (non-hydrogen) atoms. The van der Waals surface area contributed by atoms with E-state index in [9.17, 15) is 18.0 Å². The van der Waals surface area contributed by atoms with Gasteiger partial charge in [0.1, 0.15) is 12.6 Å². The van der Waals surface area contributed by atoms with Crippen molar-refractivity contribution in [2.45, 2.75) is 57.6 Å². The maximum absolute atomic E-state index is 13.9. The zero-order valence-corrected chi connectivity index (χ0v) is 24.7. The van der Waals surface area contributed by atoms with Crippen LogP contribution in [0.3, 0.4) is 0 Å². The summed E-state index contributed by atoms with van der Waals surface area (Å²) >= 11 is 12.6. The van der Waals surface area contributed by atoms with Gasteiger partial charge in [-0.15, -0.1) is 0 Å². The molecule has 3 aromatic carbocycles. The number of rotatable bonds is 11. The quantitative estimate of drug-likeness (QED) is 0.305. The number of carbonyl (C=O) groups is 2. The zero-order valence-electron chi connectivity index (χ0n) is 22.4. The Kier molecular flexibility index (Phi) is 10.4. The van der Waals surface area contributed by atoms with Gasteiger partial charge < -0.3 is 10.2 Å². The third kappa shape index (κ3) is 7.75. The molecule has 2 amide bonds. The molecular weight excluding hydrogens is 557 g/mol. The molecule has 10 heteroatoms. The summed E-state index contributed by atoms with van der Waals surface area (Å²) in [6, 6.07) is 18.7. The number of hydrogen-bond acceptors (Lipinski definition) is 4. The number of nitrogens with zero attached hydrogens (tertiary/aromatic N) is 2. The number of nitrogens with one attached hydrogen (secondary N) is 1. The Morgan fingerprint density at radius 1 is 0.949 bits per heavy atom. The van der Waals surface area contributed by atoms with Crippen molar-refractivity contribution in [2.24, 2.45) is 0 Å². The van der Waals surface area contributed by atoms with Gasteiger partial charge in [-0.2, -0.15) is 0 Å². The summed E-state index contributed by atoms with van der Waals surface area (Å²) < 4.78 is 28.7. The molecule has 208 valence electrons. The summed E-state index contributed by atoms with van der Waals surface area (Å²) in [5.41, 5.74) is 1.75. The first-order valence-electron chi connectivity index (χ1n) is 12.6. The minimum absolute atomic E-state index is 0.0154. The molecule has 0 radical (unpaired) electrons. The number of benzene rings is 3. The molecule has 7 nitrogen and oxygen atoms in total. The number of anilines is 1. The highest BCUT2D eigenvalue weighted by Crippen LogP contribution is 2.27. The molecule has 2 atom stereocenters. The van der Waals surface area contributed by atoms with Crippen LogP contribution in [-0.2, 0) is 26.2 Å². The van der Waals surface area contributed by atoms with E-state index >= 15 is 0 Å². The molecule has 1 N–H and O–H groups in total. The average Bonchev–Trinajstić information content (AvgIpc) is 2.90. The third-order valence-electron chi connectivity index (χ3n) is 6.45. The van der Waals surface area contributed by atoms with Crippen LogP contribution in [0.2, 0.25) is 10.0 Å². The van der Waals surface area contributed by atoms with Crippen LogP contribution in [0, 0.1) is 6.92 Å². The fourth-order valence-electron chi connectivity index (χ4n) is 3.86. The van der Waals surface area contributed by atoms with Gasteiger partial charge in [0.2, 0.25) is 11.8 Å². The zero-order chi connectivity index (χ0) is 28.7. The molecule has 0 saturated heterocycles. The predicted octanol–water partition coefficient (Wildman–Crippen LogP) is 5.83. The molecule has 0 unspecified atom stereocenters. The number of sulfonamides is 1. The molecule has 3 rings (SSSR count). The minimum Gasteiger partial charge on any atom is -0.352 e. The van der Waals surface area contributed by atoms with Crippen molar-refractivity contribution in [1.82, 2.24) is 10.2 Å². The Morgan fingerprint density at radius 2 is 1.62 bits per heavy atom. The van der Waals surface area contributed by atoms with Crippen LogP contribution in [0.25, 0.3) is 0 Å². The van der Waals surface area contributed by atoms with E-state index < -0.39 is 28.5 Å². The van der Waals surface area contributed by atoms with Crippen LogP contribution in [0.1, 0.15) is 38.3 Å². The van der Waals surface area contributed by atoms with Crippen molar-refractivity contribution in [2.75, 3.05) is 10.8 Å². The van der Waals surface area contributed by atoms with Gasteiger partial charge in [-0.1, -0.05) is 72.1 Å². The average molecular weight is 591 g/mol. The maximum Gasteiger partial charge on any atom is 0.264 e. The van der Waals surface area contributed by atoms with Crippen molar-refractivity contribution >= 4 is 50.7 Å². The van der Waals surface area contributed by atoms with E-state index in [2.05, 4.69) is 5.32 Å². The highest BCUT2D eigenvalue weighted by Gasteiger charge is 2.33. The molecule has 0 bridgehead atoms. The Hall–Kier alpha value is -3.07. The van der Waals surface area contributed by atoms with E-state index in [0.29, 0.717) is 22.0 Å². The highest BCUT2D eigenvalue weighted by molar-refractivity contribution is 7.92. The van der Waals surface area contributed by atoms with Crippen molar-refractivity contribution in [3.05, 3.63) is 94.0 Å². The molecule has 3 aromatic rings. The first-order valence-corrected chi connectivity index (χ1v) is 14.8. The van der Waals surface area contributed by atoms with E-state index in [0.717, 1.165) is 9.87 Å². The number of halogens is 2. The van der Waals surface area contributed by atoms with Gasteiger partial charge in [0, 0.05) is 22.6 Å². The summed E-state index contributed by atoms with van der Waals surface area (Å²) in [4.78, 5) is 28.4. The van der Waals surface area contributed by atoms with Crippen LogP contribution in [-0.4, -0.2) is 43.8 Å². The molecular formula is C29H33Cl2N3O4S. The second kappa shape index (κ2) is 13.3. The van der Waals surface area contributed by atoms with Crippen LogP contribution in [0.4, 0.5) is 5.69 Å². The Labute approximate surface area is 240 Å². The smallest absolute Gasteiger partial charge is 0.264 e. The lowest BCUT2D eigenvalue weighted by atomic mass is 10.1. The van der Waals surface area contributed by atoms with Crippen molar-refractivity contribution < 1.29 is 18.0 Å². The SMILES string of the molecule is CC[C@@H](C)NC(=O)[C@@H](C)N(Cc1ccccc1Cl)C(=O)CN(c1cccc(Cl)c1)S(=O)(=O)c1ccc(C)cc1. The van der Waals surface area contributed by atoms with Gasteiger partial charge in [-0.05, 0) is 69.2 Å². The standard InChI is InChI=1S/C29H33Cl2N3O4S/c1-5-21(3)32-29(36)22(4)33(18-23-9-6-7-12-27(23)31)28(35)19-34(25-11-8-10-24(30)17-25)39(37,38)26-15-13-20(2)14-16-26/h6-17,21-22H,5,18-19H2,1-4H3,(H,32,36)/t21-,22-/m1/s1. The number of carbonyl (C=O) groups excluding carboxylic acids is 2. The minimum atomic E-state index is -4.17.